The fraction of sp³-hybridized carbons (Fsp3) is 0.562. The monoisotopic (exact) mass is 276 g/mol. The number of hydrogen-bond acceptors (Lipinski definition) is 3. The molecule has 1 heterocycles. The number of amidine groups is 1. The maximum Gasteiger partial charge on any atom is 0.161 e. The lowest BCUT2D eigenvalue weighted by atomic mass is 10.0. The van der Waals surface area contributed by atoms with Crippen LogP contribution in [0.25, 0.3) is 0 Å². The van der Waals surface area contributed by atoms with Gasteiger partial charge in [0.2, 0.25) is 0 Å². The van der Waals surface area contributed by atoms with Gasteiger partial charge in [0, 0.05) is 11.4 Å². The van der Waals surface area contributed by atoms with E-state index in [9.17, 15) is 0 Å². The molecule has 1 unspecified atom stereocenters. The van der Waals surface area contributed by atoms with Gasteiger partial charge in [-0.2, -0.15) is 0 Å². The fourth-order valence-corrected chi connectivity index (χ4v) is 3.33. The van der Waals surface area contributed by atoms with Gasteiger partial charge in [-0.3, -0.25) is 4.99 Å². The first kappa shape index (κ1) is 14.4. The van der Waals surface area contributed by atoms with E-state index in [-0.39, 0.29) is 0 Å². The van der Waals surface area contributed by atoms with E-state index in [0.29, 0.717) is 12.0 Å². The normalized spacial score (nSPS) is 19.4. The van der Waals surface area contributed by atoms with Crippen LogP contribution in [0.4, 0.5) is 5.69 Å². The Labute approximate surface area is 121 Å². The number of nitrogens with one attached hydrogen (secondary N) is 1. The van der Waals surface area contributed by atoms with Gasteiger partial charge in [0.05, 0.1) is 6.04 Å². The van der Waals surface area contributed by atoms with Crippen LogP contribution in [0.5, 0.6) is 0 Å². The van der Waals surface area contributed by atoms with Crippen LogP contribution in [0.2, 0.25) is 0 Å². The molecular weight excluding hydrogens is 252 g/mol. The highest BCUT2D eigenvalue weighted by Crippen LogP contribution is 2.27. The molecule has 19 heavy (non-hydrogen) atoms. The molecule has 0 saturated heterocycles. The lowest BCUT2D eigenvalue weighted by Crippen LogP contribution is -2.24. The summed E-state index contributed by atoms with van der Waals surface area (Å²) in [6, 6.07) is 6.96. The molecule has 0 aromatic heterocycles. The molecule has 3 heteroatoms. The number of rotatable bonds is 3. The smallest absolute Gasteiger partial charge is 0.161 e. The average molecular weight is 276 g/mol. The number of benzene rings is 1. The topological polar surface area (TPSA) is 24.4 Å². The van der Waals surface area contributed by atoms with Crippen molar-refractivity contribution in [2.75, 3.05) is 11.1 Å². The van der Waals surface area contributed by atoms with Gasteiger partial charge >= 0.3 is 0 Å². The zero-order valence-corrected chi connectivity index (χ0v) is 13.2. The van der Waals surface area contributed by atoms with Crippen molar-refractivity contribution < 1.29 is 0 Å². The number of para-hydroxylation sites is 1. The van der Waals surface area contributed by atoms with Crippen molar-refractivity contribution in [2.45, 2.75) is 46.6 Å². The van der Waals surface area contributed by atoms with E-state index in [2.05, 4.69) is 51.2 Å². The van der Waals surface area contributed by atoms with E-state index in [4.69, 9.17) is 4.99 Å². The van der Waals surface area contributed by atoms with Crippen molar-refractivity contribution >= 4 is 22.6 Å². The highest BCUT2D eigenvalue weighted by atomic mass is 32.2. The Morgan fingerprint density at radius 2 is 2.21 bits per heavy atom. The van der Waals surface area contributed by atoms with E-state index in [1.165, 1.54) is 29.0 Å². The number of anilines is 1. The van der Waals surface area contributed by atoms with Gasteiger partial charge in [-0.15, -0.1) is 0 Å². The molecule has 0 bridgehead atoms. The third-order valence-electron chi connectivity index (χ3n) is 3.68. The SMILES string of the molecule is CCc1cccc(C)c1NC1=NC(C(C)C)CCS1. The van der Waals surface area contributed by atoms with Gasteiger partial charge in [-0.25, -0.2) is 0 Å². The first-order valence-corrected chi connectivity index (χ1v) is 8.16. The molecule has 1 aliphatic heterocycles. The van der Waals surface area contributed by atoms with Crippen molar-refractivity contribution in [1.82, 2.24) is 0 Å². The Bertz CT molecular complexity index is 466. The molecule has 1 atom stereocenters. The van der Waals surface area contributed by atoms with Crippen LogP contribution in [0.1, 0.15) is 38.3 Å². The van der Waals surface area contributed by atoms with Crippen LogP contribution in [0.3, 0.4) is 0 Å². The van der Waals surface area contributed by atoms with Crippen molar-refractivity contribution in [1.29, 1.82) is 0 Å². The third kappa shape index (κ3) is 3.53. The molecule has 1 N–H and O–H groups in total. The second-order valence-electron chi connectivity index (χ2n) is 5.47. The number of aliphatic imine (C=N–C) groups is 1. The number of thioether (sulfide) groups is 1. The second kappa shape index (κ2) is 6.47. The predicted octanol–water partition coefficient (Wildman–Crippen LogP) is 4.49. The molecule has 1 aromatic rings. The Hall–Kier alpha value is -0.960. The largest absolute Gasteiger partial charge is 0.335 e. The van der Waals surface area contributed by atoms with Crippen molar-refractivity contribution in [2.24, 2.45) is 10.9 Å². The van der Waals surface area contributed by atoms with Gasteiger partial charge < -0.3 is 5.32 Å². The molecule has 1 aliphatic rings. The quantitative estimate of drug-likeness (QED) is 0.880. The summed E-state index contributed by atoms with van der Waals surface area (Å²) < 4.78 is 0. The predicted molar refractivity (Wildman–Crippen MR) is 87.3 cm³/mol. The highest BCUT2D eigenvalue weighted by molar-refractivity contribution is 8.14. The molecule has 0 saturated carbocycles. The maximum atomic E-state index is 4.86. The van der Waals surface area contributed by atoms with Gasteiger partial charge in [0.1, 0.15) is 0 Å². The summed E-state index contributed by atoms with van der Waals surface area (Å²) in [4.78, 5) is 4.86. The van der Waals surface area contributed by atoms with Gasteiger partial charge in [-0.05, 0) is 36.8 Å². The minimum atomic E-state index is 0.470. The van der Waals surface area contributed by atoms with Crippen LogP contribution in [-0.4, -0.2) is 17.0 Å². The Balaban J connectivity index is 2.21. The molecule has 2 nitrogen and oxygen atoms in total. The van der Waals surface area contributed by atoms with Crippen molar-refractivity contribution in [3.63, 3.8) is 0 Å². The summed E-state index contributed by atoms with van der Waals surface area (Å²) in [7, 11) is 0. The van der Waals surface area contributed by atoms with E-state index in [0.717, 1.165) is 11.6 Å². The summed E-state index contributed by atoms with van der Waals surface area (Å²) in [6.45, 7) is 8.88. The molecular formula is C16H24N2S. The van der Waals surface area contributed by atoms with Crippen molar-refractivity contribution in [3.8, 4) is 0 Å². The van der Waals surface area contributed by atoms with Gasteiger partial charge in [0.25, 0.3) is 0 Å². The molecule has 2 rings (SSSR count). The second-order valence-corrected chi connectivity index (χ2v) is 6.55. The fourth-order valence-electron chi connectivity index (χ4n) is 2.39. The van der Waals surface area contributed by atoms with Crippen LogP contribution < -0.4 is 5.32 Å². The molecule has 0 amide bonds. The Morgan fingerprint density at radius 1 is 1.42 bits per heavy atom. The number of nitrogens with zero attached hydrogens (tertiary/aromatic N) is 1. The lowest BCUT2D eigenvalue weighted by Gasteiger charge is -2.24. The van der Waals surface area contributed by atoms with Crippen LogP contribution >= 0.6 is 11.8 Å². The summed E-state index contributed by atoms with van der Waals surface area (Å²) in [6.07, 6.45) is 2.25. The van der Waals surface area contributed by atoms with Crippen LogP contribution in [-0.2, 0) is 6.42 Å². The molecule has 104 valence electrons. The average Bonchev–Trinajstić information content (AvgIpc) is 2.41. The van der Waals surface area contributed by atoms with Gasteiger partial charge in [0.15, 0.2) is 5.17 Å². The van der Waals surface area contributed by atoms with E-state index < -0.39 is 0 Å². The van der Waals surface area contributed by atoms with Gasteiger partial charge in [-0.1, -0.05) is 50.7 Å². The third-order valence-corrected chi connectivity index (χ3v) is 4.60. The Kier molecular flexibility index (Phi) is 4.92. The molecule has 0 radical (unpaired) electrons. The van der Waals surface area contributed by atoms with Crippen molar-refractivity contribution in [3.05, 3.63) is 29.3 Å². The molecule has 0 fully saturated rings. The summed E-state index contributed by atoms with van der Waals surface area (Å²) in [5.74, 6) is 1.79. The first-order chi connectivity index (χ1) is 9.11. The lowest BCUT2D eigenvalue weighted by molar-refractivity contribution is 0.485. The van der Waals surface area contributed by atoms with Crippen LogP contribution in [0.15, 0.2) is 23.2 Å². The first-order valence-electron chi connectivity index (χ1n) is 7.18. The number of hydrogen-bond donors (Lipinski definition) is 1. The zero-order valence-electron chi connectivity index (χ0n) is 12.4. The summed E-state index contributed by atoms with van der Waals surface area (Å²) in [5.41, 5.74) is 3.92. The minimum Gasteiger partial charge on any atom is -0.335 e. The number of aryl methyl sites for hydroxylation is 2. The minimum absolute atomic E-state index is 0.470. The standard InChI is InChI=1S/C16H24N2S/c1-5-13-8-6-7-12(4)15(13)18-16-17-14(11(2)3)9-10-19-16/h6-8,11,14H,5,9-10H2,1-4H3,(H,17,18). The van der Waals surface area contributed by atoms with E-state index in [1.54, 1.807) is 0 Å². The molecule has 0 aliphatic carbocycles. The maximum absolute atomic E-state index is 4.86. The highest BCUT2D eigenvalue weighted by Gasteiger charge is 2.19. The zero-order chi connectivity index (χ0) is 13.8. The molecule has 0 spiro atoms. The van der Waals surface area contributed by atoms with Crippen LogP contribution in [0, 0.1) is 12.8 Å². The summed E-state index contributed by atoms with van der Waals surface area (Å²) in [5, 5.41) is 4.66. The Morgan fingerprint density at radius 3 is 2.89 bits per heavy atom. The van der Waals surface area contributed by atoms with E-state index >= 15 is 0 Å². The van der Waals surface area contributed by atoms with E-state index in [1.807, 2.05) is 11.8 Å². The summed E-state index contributed by atoms with van der Waals surface area (Å²) >= 11 is 1.85. The molecule has 1 aromatic carbocycles.